The molecule has 120 valence electrons. The number of hydrogen-bond donors (Lipinski definition) is 2. The summed E-state index contributed by atoms with van der Waals surface area (Å²) in [7, 11) is 0. The maximum Gasteiger partial charge on any atom is 0.326 e. The van der Waals surface area contributed by atoms with Crippen LogP contribution in [0.4, 0.5) is 0 Å². The minimum atomic E-state index is -1.15. The molecule has 7 heteroatoms. The molecule has 0 aromatic carbocycles. The van der Waals surface area contributed by atoms with Gasteiger partial charge in [-0.2, -0.15) is 0 Å². The third-order valence-electron chi connectivity index (χ3n) is 3.51. The Balaban J connectivity index is 2.51. The molecule has 0 bridgehead atoms. The van der Waals surface area contributed by atoms with Gasteiger partial charge in [0.1, 0.15) is 6.04 Å². The third kappa shape index (κ3) is 5.34. The molecule has 2 N–H and O–H groups in total. The highest BCUT2D eigenvalue weighted by Gasteiger charge is 2.34. The van der Waals surface area contributed by atoms with Gasteiger partial charge in [-0.25, -0.2) is 4.79 Å². The Morgan fingerprint density at radius 3 is 2.67 bits per heavy atom. The molecule has 7 nitrogen and oxygen atoms in total. The fraction of sp³-hybridized carbons (Fsp3) is 0.786. The highest BCUT2D eigenvalue weighted by atomic mass is 16.5. The lowest BCUT2D eigenvalue weighted by Gasteiger charge is -2.20. The minimum absolute atomic E-state index is 0.0181. The van der Waals surface area contributed by atoms with Crippen LogP contribution >= 0.6 is 0 Å². The van der Waals surface area contributed by atoms with Crippen LogP contribution in [0.3, 0.4) is 0 Å². The van der Waals surface area contributed by atoms with E-state index in [1.165, 1.54) is 0 Å². The number of ether oxygens (including phenoxy) is 2. The van der Waals surface area contributed by atoms with E-state index in [9.17, 15) is 14.4 Å². The van der Waals surface area contributed by atoms with E-state index in [0.717, 1.165) is 0 Å². The first kappa shape index (κ1) is 17.4. The highest BCUT2D eigenvalue weighted by Crippen LogP contribution is 2.23. The molecule has 0 saturated carbocycles. The van der Waals surface area contributed by atoms with Crippen LogP contribution in [-0.2, 0) is 23.9 Å². The van der Waals surface area contributed by atoms with E-state index >= 15 is 0 Å². The van der Waals surface area contributed by atoms with Crippen molar-refractivity contribution in [2.24, 2.45) is 5.92 Å². The lowest BCUT2D eigenvalue weighted by molar-refractivity contribution is -0.145. The molecule has 0 aliphatic carbocycles. The van der Waals surface area contributed by atoms with Gasteiger partial charge in [-0.3, -0.25) is 9.59 Å². The first-order chi connectivity index (χ1) is 9.99. The summed E-state index contributed by atoms with van der Waals surface area (Å²) in [5.74, 6) is -2.26. The number of carbonyl (C=O) groups excluding carboxylic acids is 2. The van der Waals surface area contributed by atoms with E-state index in [0.29, 0.717) is 19.4 Å². The fourth-order valence-electron chi connectivity index (χ4n) is 2.38. The lowest BCUT2D eigenvalue weighted by Crippen LogP contribution is -2.45. The lowest BCUT2D eigenvalue weighted by atomic mass is 9.98. The molecule has 0 radical (unpaired) electrons. The molecule has 0 spiro atoms. The molecular formula is C14H23NO6. The van der Waals surface area contributed by atoms with Gasteiger partial charge in [0, 0.05) is 13.0 Å². The second-order valence-corrected chi connectivity index (χ2v) is 4.96. The van der Waals surface area contributed by atoms with Gasteiger partial charge in [-0.05, 0) is 26.2 Å². The Kier molecular flexibility index (Phi) is 7.14. The maximum absolute atomic E-state index is 12.1. The Labute approximate surface area is 124 Å². The zero-order chi connectivity index (χ0) is 15.8. The van der Waals surface area contributed by atoms with Crippen LogP contribution in [0.2, 0.25) is 0 Å². The van der Waals surface area contributed by atoms with Gasteiger partial charge in [0.2, 0.25) is 5.91 Å². The number of carboxylic acid groups (broad SMARTS) is 1. The van der Waals surface area contributed by atoms with Crippen LogP contribution in [-0.4, -0.2) is 48.3 Å². The number of hydrogen-bond acceptors (Lipinski definition) is 5. The van der Waals surface area contributed by atoms with Gasteiger partial charge in [0.15, 0.2) is 0 Å². The topological polar surface area (TPSA) is 102 Å². The van der Waals surface area contributed by atoms with E-state index in [2.05, 4.69) is 5.32 Å². The first-order valence-corrected chi connectivity index (χ1v) is 7.30. The quantitative estimate of drug-likeness (QED) is 0.640. The molecule has 2 unspecified atom stereocenters. The summed E-state index contributed by atoms with van der Waals surface area (Å²) >= 11 is 0. The van der Waals surface area contributed by atoms with E-state index < -0.39 is 18.0 Å². The summed E-state index contributed by atoms with van der Waals surface area (Å²) in [5, 5.41) is 11.6. The van der Waals surface area contributed by atoms with Crippen molar-refractivity contribution in [1.29, 1.82) is 0 Å². The van der Waals surface area contributed by atoms with E-state index in [4.69, 9.17) is 14.6 Å². The number of amides is 1. The predicted molar refractivity (Wildman–Crippen MR) is 73.6 cm³/mol. The van der Waals surface area contributed by atoms with E-state index in [-0.39, 0.29) is 37.4 Å². The largest absolute Gasteiger partial charge is 0.480 e. The Bertz CT molecular complexity index is 384. The van der Waals surface area contributed by atoms with Crippen molar-refractivity contribution < 1.29 is 29.0 Å². The summed E-state index contributed by atoms with van der Waals surface area (Å²) in [4.78, 5) is 34.6. The fourth-order valence-corrected chi connectivity index (χ4v) is 2.38. The van der Waals surface area contributed by atoms with Crippen molar-refractivity contribution in [3.63, 3.8) is 0 Å². The molecule has 0 aromatic rings. The molecule has 1 aliphatic heterocycles. The van der Waals surface area contributed by atoms with Crippen LogP contribution in [0.1, 0.15) is 39.5 Å². The molecule has 1 aliphatic rings. The first-order valence-electron chi connectivity index (χ1n) is 7.30. The van der Waals surface area contributed by atoms with Gasteiger partial charge in [0.05, 0.1) is 18.6 Å². The maximum atomic E-state index is 12.1. The Morgan fingerprint density at radius 2 is 2.10 bits per heavy atom. The predicted octanol–water partition coefficient (Wildman–Crippen LogP) is 0.714. The molecule has 1 amide bonds. The van der Waals surface area contributed by atoms with Crippen LogP contribution in [0.5, 0.6) is 0 Å². The van der Waals surface area contributed by atoms with E-state index in [1.807, 2.05) is 6.92 Å². The van der Waals surface area contributed by atoms with Crippen molar-refractivity contribution >= 4 is 17.8 Å². The van der Waals surface area contributed by atoms with Crippen molar-refractivity contribution in [3.05, 3.63) is 0 Å². The smallest absolute Gasteiger partial charge is 0.326 e. The summed E-state index contributed by atoms with van der Waals surface area (Å²) in [6, 6.07) is -1.08. The van der Waals surface area contributed by atoms with Crippen molar-refractivity contribution in [2.75, 3.05) is 13.2 Å². The SMILES string of the molecule is CCOC(=O)CC[C@H](NC(=O)C1CCOC1CC)C(=O)O. The highest BCUT2D eigenvalue weighted by molar-refractivity contribution is 5.85. The normalized spacial score (nSPS) is 22.6. The second-order valence-electron chi connectivity index (χ2n) is 4.96. The van der Waals surface area contributed by atoms with Crippen molar-refractivity contribution in [2.45, 2.75) is 51.7 Å². The third-order valence-corrected chi connectivity index (χ3v) is 3.51. The van der Waals surface area contributed by atoms with Crippen molar-refractivity contribution in [3.8, 4) is 0 Å². The van der Waals surface area contributed by atoms with Crippen LogP contribution in [0.25, 0.3) is 0 Å². The number of rotatable bonds is 8. The molecule has 21 heavy (non-hydrogen) atoms. The van der Waals surface area contributed by atoms with Crippen molar-refractivity contribution in [1.82, 2.24) is 5.32 Å². The van der Waals surface area contributed by atoms with Gasteiger partial charge >= 0.3 is 11.9 Å². The Morgan fingerprint density at radius 1 is 1.38 bits per heavy atom. The molecule has 1 fully saturated rings. The number of nitrogens with one attached hydrogen (secondary N) is 1. The van der Waals surface area contributed by atoms with Gasteiger partial charge in [0.25, 0.3) is 0 Å². The monoisotopic (exact) mass is 301 g/mol. The molecular weight excluding hydrogens is 278 g/mol. The Hall–Kier alpha value is -1.63. The van der Waals surface area contributed by atoms with Crippen LogP contribution in [0, 0.1) is 5.92 Å². The zero-order valence-corrected chi connectivity index (χ0v) is 12.5. The number of carboxylic acids is 1. The molecule has 3 atom stereocenters. The number of esters is 1. The molecule has 1 heterocycles. The number of carbonyl (C=O) groups is 3. The standard InChI is InChI=1S/C14H23NO6/c1-3-11-9(7-8-21-11)13(17)15-10(14(18)19)5-6-12(16)20-4-2/h9-11H,3-8H2,1-2H3,(H,15,17)(H,18,19)/t9?,10-,11?/m0/s1. The summed E-state index contributed by atoms with van der Waals surface area (Å²) in [6.45, 7) is 4.36. The average Bonchev–Trinajstić information content (AvgIpc) is 2.91. The molecule has 0 aromatic heterocycles. The minimum Gasteiger partial charge on any atom is -0.480 e. The summed E-state index contributed by atoms with van der Waals surface area (Å²) in [6.07, 6.45) is 1.12. The summed E-state index contributed by atoms with van der Waals surface area (Å²) < 4.78 is 10.2. The molecule has 1 saturated heterocycles. The van der Waals surface area contributed by atoms with Gasteiger partial charge in [-0.1, -0.05) is 6.92 Å². The van der Waals surface area contributed by atoms with Crippen LogP contribution in [0.15, 0.2) is 0 Å². The van der Waals surface area contributed by atoms with E-state index in [1.54, 1.807) is 6.92 Å². The summed E-state index contributed by atoms with van der Waals surface area (Å²) in [5.41, 5.74) is 0. The van der Waals surface area contributed by atoms with Gasteiger partial charge in [-0.15, -0.1) is 0 Å². The zero-order valence-electron chi connectivity index (χ0n) is 12.5. The second kappa shape index (κ2) is 8.61. The number of aliphatic carboxylic acids is 1. The molecule has 1 rings (SSSR count). The van der Waals surface area contributed by atoms with Crippen LogP contribution < -0.4 is 5.32 Å². The average molecular weight is 301 g/mol. The van der Waals surface area contributed by atoms with Gasteiger partial charge < -0.3 is 19.9 Å².